The van der Waals surface area contributed by atoms with Crippen molar-refractivity contribution in [3.8, 4) is 6.07 Å². The number of piperidine rings is 1. The minimum atomic E-state index is -1.09. The summed E-state index contributed by atoms with van der Waals surface area (Å²) in [5.74, 6) is -1.31. The Morgan fingerprint density at radius 1 is 1.38 bits per heavy atom. The first kappa shape index (κ1) is 17.0. The number of rotatable bonds is 5. The van der Waals surface area contributed by atoms with Crippen LogP contribution in [0.25, 0.3) is 0 Å². The molecule has 6 nitrogen and oxygen atoms in total. The van der Waals surface area contributed by atoms with E-state index in [9.17, 15) is 9.59 Å². The van der Waals surface area contributed by atoms with Crippen LogP contribution in [-0.2, 0) is 9.59 Å². The predicted octanol–water partition coefficient (Wildman–Crippen LogP) is 1.35. The van der Waals surface area contributed by atoms with Gasteiger partial charge in [0, 0.05) is 19.3 Å². The van der Waals surface area contributed by atoms with E-state index in [1.54, 1.807) is 20.0 Å². The van der Waals surface area contributed by atoms with Crippen molar-refractivity contribution < 1.29 is 14.7 Å². The highest BCUT2D eigenvalue weighted by Crippen LogP contribution is 2.17. The Hall–Kier alpha value is -2.03. The van der Waals surface area contributed by atoms with Gasteiger partial charge in [-0.05, 0) is 24.7 Å². The van der Waals surface area contributed by atoms with Gasteiger partial charge in [-0.25, -0.2) is 4.79 Å². The molecule has 0 aromatic carbocycles. The molecular weight excluding hydrogens is 270 g/mol. The molecule has 0 aromatic rings. The van der Waals surface area contributed by atoms with E-state index in [4.69, 9.17) is 10.4 Å². The molecule has 6 heteroatoms. The molecule has 0 bridgehead atoms. The second kappa shape index (κ2) is 7.67. The average Bonchev–Trinajstić information content (AvgIpc) is 2.43. The van der Waals surface area contributed by atoms with Gasteiger partial charge in [0.1, 0.15) is 17.7 Å². The van der Waals surface area contributed by atoms with Gasteiger partial charge in [-0.1, -0.05) is 20.8 Å². The van der Waals surface area contributed by atoms with Crippen LogP contribution in [0.2, 0.25) is 0 Å². The normalized spacial score (nSPS) is 18.2. The Morgan fingerprint density at radius 3 is 2.38 bits per heavy atom. The molecule has 1 rings (SSSR count). The Balaban J connectivity index is 2.73. The number of nitrogens with zero attached hydrogens (tertiary/aromatic N) is 2. The van der Waals surface area contributed by atoms with Crippen molar-refractivity contribution in [1.82, 2.24) is 10.2 Å². The molecule has 0 aromatic heterocycles. The largest absolute Gasteiger partial charge is 0.480 e. The summed E-state index contributed by atoms with van der Waals surface area (Å²) in [7, 11) is 0. The number of likely N-dealkylation sites (tertiary alicyclic amines) is 1. The molecule has 0 radical (unpaired) electrons. The number of nitrogens with one attached hydrogen (secondary N) is 1. The van der Waals surface area contributed by atoms with Crippen LogP contribution >= 0.6 is 0 Å². The highest BCUT2D eigenvalue weighted by atomic mass is 16.4. The monoisotopic (exact) mass is 293 g/mol. The molecule has 1 amide bonds. The summed E-state index contributed by atoms with van der Waals surface area (Å²) < 4.78 is 0. The van der Waals surface area contributed by atoms with E-state index in [0.29, 0.717) is 5.92 Å². The third-order valence-corrected chi connectivity index (χ3v) is 3.71. The minimum Gasteiger partial charge on any atom is -0.480 e. The van der Waals surface area contributed by atoms with E-state index in [-0.39, 0.29) is 11.5 Å². The Kier molecular flexibility index (Phi) is 6.22. The predicted molar refractivity (Wildman–Crippen MR) is 78.1 cm³/mol. The van der Waals surface area contributed by atoms with Crippen LogP contribution < -0.4 is 5.32 Å². The molecule has 0 saturated carbocycles. The van der Waals surface area contributed by atoms with E-state index >= 15 is 0 Å². The van der Waals surface area contributed by atoms with Gasteiger partial charge < -0.3 is 15.3 Å². The number of carboxylic acid groups (broad SMARTS) is 1. The summed E-state index contributed by atoms with van der Waals surface area (Å²) in [5.41, 5.74) is -0.0450. The van der Waals surface area contributed by atoms with Gasteiger partial charge in [0.15, 0.2) is 0 Å². The zero-order valence-corrected chi connectivity index (χ0v) is 12.8. The average molecular weight is 293 g/mol. The van der Waals surface area contributed by atoms with Crippen molar-refractivity contribution in [2.24, 2.45) is 11.8 Å². The zero-order valence-electron chi connectivity index (χ0n) is 12.8. The molecule has 1 unspecified atom stereocenters. The number of nitriles is 1. The maximum atomic E-state index is 12.0. The zero-order chi connectivity index (χ0) is 16.0. The molecule has 0 aliphatic carbocycles. The lowest BCUT2D eigenvalue weighted by Crippen LogP contribution is -2.45. The van der Waals surface area contributed by atoms with Gasteiger partial charge in [0.05, 0.1) is 0 Å². The van der Waals surface area contributed by atoms with Gasteiger partial charge in [-0.3, -0.25) is 4.79 Å². The van der Waals surface area contributed by atoms with Gasteiger partial charge in [0.25, 0.3) is 5.91 Å². The maximum absolute atomic E-state index is 12.0. The van der Waals surface area contributed by atoms with Crippen molar-refractivity contribution in [3.05, 3.63) is 11.8 Å². The van der Waals surface area contributed by atoms with Crippen LogP contribution in [-0.4, -0.2) is 41.0 Å². The summed E-state index contributed by atoms with van der Waals surface area (Å²) in [6.07, 6.45) is 3.60. The molecule has 1 aliphatic heterocycles. The first-order valence-electron chi connectivity index (χ1n) is 7.24. The number of hydrogen-bond acceptors (Lipinski definition) is 4. The van der Waals surface area contributed by atoms with Crippen LogP contribution in [0.3, 0.4) is 0 Å². The van der Waals surface area contributed by atoms with Crippen LogP contribution in [0.4, 0.5) is 0 Å². The molecule has 1 saturated heterocycles. The molecule has 1 fully saturated rings. The second-order valence-corrected chi connectivity index (χ2v) is 5.91. The van der Waals surface area contributed by atoms with E-state index in [1.165, 1.54) is 0 Å². The number of aliphatic carboxylic acids is 1. The summed E-state index contributed by atoms with van der Waals surface area (Å²) in [4.78, 5) is 25.1. The third kappa shape index (κ3) is 5.10. The van der Waals surface area contributed by atoms with Gasteiger partial charge in [0.2, 0.25) is 0 Å². The number of hydrogen-bond donors (Lipinski definition) is 2. The van der Waals surface area contributed by atoms with Crippen molar-refractivity contribution in [1.29, 1.82) is 5.26 Å². The van der Waals surface area contributed by atoms with Crippen LogP contribution in [0, 0.1) is 23.2 Å². The second-order valence-electron chi connectivity index (χ2n) is 5.91. The Bertz CT molecular complexity index is 457. The number of carboxylic acids is 1. The fourth-order valence-corrected chi connectivity index (χ4v) is 2.21. The van der Waals surface area contributed by atoms with Crippen molar-refractivity contribution >= 4 is 11.9 Å². The van der Waals surface area contributed by atoms with Crippen molar-refractivity contribution in [2.45, 2.75) is 39.7 Å². The molecule has 0 spiro atoms. The first-order valence-corrected chi connectivity index (χ1v) is 7.24. The van der Waals surface area contributed by atoms with Crippen molar-refractivity contribution in [2.75, 3.05) is 13.1 Å². The Morgan fingerprint density at radius 2 is 1.95 bits per heavy atom. The fraction of sp³-hybridized carbons (Fsp3) is 0.667. The number of amides is 1. The molecule has 116 valence electrons. The van der Waals surface area contributed by atoms with E-state index < -0.39 is 17.9 Å². The number of carbonyl (C=O) groups excluding carboxylic acids is 1. The van der Waals surface area contributed by atoms with Crippen LogP contribution in [0.15, 0.2) is 11.8 Å². The van der Waals surface area contributed by atoms with E-state index in [0.717, 1.165) is 25.9 Å². The van der Waals surface area contributed by atoms with Gasteiger partial charge in [-0.15, -0.1) is 0 Å². The van der Waals surface area contributed by atoms with E-state index in [1.807, 2.05) is 11.0 Å². The SMILES string of the molecule is CC1CCN(/C=C(/C#N)C(=O)NC(C(=O)O)C(C)C)CC1. The summed E-state index contributed by atoms with van der Waals surface area (Å²) in [5, 5.41) is 20.6. The highest BCUT2D eigenvalue weighted by molar-refractivity contribution is 5.99. The summed E-state index contributed by atoms with van der Waals surface area (Å²) in [6.45, 7) is 7.22. The lowest BCUT2D eigenvalue weighted by molar-refractivity contribution is -0.142. The molecule has 1 aliphatic rings. The topological polar surface area (TPSA) is 93.4 Å². The fourth-order valence-electron chi connectivity index (χ4n) is 2.21. The first-order chi connectivity index (χ1) is 9.85. The smallest absolute Gasteiger partial charge is 0.326 e. The number of carbonyl (C=O) groups is 2. The van der Waals surface area contributed by atoms with Crippen LogP contribution in [0.1, 0.15) is 33.6 Å². The summed E-state index contributed by atoms with van der Waals surface area (Å²) in [6, 6.07) is 0.868. The van der Waals surface area contributed by atoms with Gasteiger partial charge in [-0.2, -0.15) is 5.26 Å². The maximum Gasteiger partial charge on any atom is 0.326 e. The highest BCUT2D eigenvalue weighted by Gasteiger charge is 2.25. The quantitative estimate of drug-likeness (QED) is 0.589. The standard InChI is InChI=1S/C15H23N3O3/c1-10(2)13(15(20)21)17-14(19)12(8-16)9-18-6-4-11(3)5-7-18/h9-11,13H,4-7H2,1-3H3,(H,17,19)(H,20,21)/b12-9-. The molecule has 1 atom stereocenters. The lowest BCUT2D eigenvalue weighted by Gasteiger charge is -2.29. The van der Waals surface area contributed by atoms with Crippen molar-refractivity contribution in [3.63, 3.8) is 0 Å². The molecular formula is C15H23N3O3. The summed E-state index contributed by atoms with van der Waals surface area (Å²) >= 11 is 0. The van der Waals surface area contributed by atoms with Crippen LogP contribution in [0.5, 0.6) is 0 Å². The third-order valence-electron chi connectivity index (χ3n) is 3.71. The molecule has 2 N–H and O–H groups in total. The van der Waals surface area contributed by atoms with E-state index in [2.05, 4.69) is 12.2 Å². The van der Waals surface area contributed by atoms with Gasteiger partial charge >= 0.3 is 5.97 Å². The lowest BCUT2D eigenvalue weighted by atomic mass is 9.99. The Labute approximate surface area is 125 Å². The molecule has 1 heterocycles. The minimum absolute atomic E-state index is 0.0450. The molecule has 21 heavy (non-hydrogen) atoms.